The summed E-state index contributed by atoms with van der Waals surface area (Å²) in [6.45, 7) is 10.1. The van der Waals surface area contributed by atoms with Crippen LogP contribution in [-0.2, 0) is 4.74 Å². The fraction of sp³-hybridized carbons (Fsp3) is 1.00. The summed E-state index contributed by atoms with van der Waals surface area (Å²) < 4.78 is 5.77. The molecule has 2 atom stereocenters. The Labute approximate surface area is 76.5 Å². The first-order valence-electron chi connectivity index (χ1n) is 5.17. The van der Waals surface area contributed by atoms with Crippen molar-refractivity contribution in [1.29, 1.82) is 0 Å². The van der Waals surface area contributed by atoms with Crippen molar-refractivity contribution in [2.75, 3.05) is 6.61 Å². The predicted molar refractivity (Wildman–Crippen MR) is 52.2 cm³/mol. The van der Waals surface area contributed by atoms with Gasteiger partial charge < -0.3 is 4.74 Å². The van der Waals surface area contributed by atoms with Crippen LogP contribution in [0.25, 0.3) is 0 Å². The summed E-state index contributed by atoms with van der Waals surface area (Å²) >= 11 is 0. The molecule has 1 rings (SSSR count). The molecule has 0 bridgehead atoms. The van der Waals surface area contributed by atoms with Gasteiger partial charge in [0.1, 0.15) is 0 Å². The molecule has 1 heterocycles. The van der Waals surface area contributed by atoms with Crippen molar-refractivity contribution in [1.82, 2.24) is 0 Å². The van der Waals surface area contributed by atoms with Crippen molar-refractivity contribution in [2.24, 2.45) is 11.3 Å². The minimum Gasteiger partial charge on any atom is -0.378 e. The van der Waals surface area contributed by atoms with Crippen molar-refractivity contribution in [3.05, 3.63) is 0 Å². The second kappa shape index (κ2) is 3.78. The maximum atomic E-state index is 5.77. The quantitative estimate of drug-likeness (QED) is 0.632. The van der Waals surface area contributed by atoms with Crippen LogP contribution in [0.15, 0.2) is 0 Å². The van der Waals surface area contributed by atoms with E-state index in [4.69, 9.17) is 4.74 Å². The van der Waals surface area contributed by atoms with Crippen molar-refractivity contribution in [2.45, 2.75) is 53.1 Å². The van der Waals surface area contributed by atoms with Crippen molar-refractivity contribution >= 4 is 0 Å². The molecule has 1 aliphatic heterocycles. The normalized spacial score (nSPS) is 36.2. The summed E-state index contributed by atoms with van der Waals surface area (Å²) in [5.74, 6) is 0.772. The minimum atomic E-state index is 0.472. The summed E-state index contributed by atoms with van der Waals surface area (Å²) in [4.78, 5) is 0. The molecule has 0 N–H and O–H groups in total. The predicted octanol–water partition coefficient (Wildman–Crippen LogP) is 3.24. The zero-order chi connectivity index (χ0) is 9.19. The molecular formula is C11H22O. The van der Waals surface area contributed by atoms with E-state index in [1.807, 2.05) is 0 Å². The third-order valence-corrected chi connectivity index (χ3v) is 2.98. The largest absolute Gasteiger partial charge is 0.378 e. The fourth-order valence-corrected chi connectivity index (χ4v) is 1.91. The van der Waals surface area contributed by atoms with Gasteiger partial charge in [0.25, 0.3) is 0 Å². The van der Waals surface area contributed by atoms with Gasteiger partial charge in [0.2, 0.25) is 0 Å². The molecule has 0 aromatic heterocycles. The molecule has 0 saturated carbocycles. The lowest BCUT2D eigenvalue weighted by molar-refractivity contribution is 0.0830. The Kier molecular flexibility index (Phi) is 3.16. The minimum absolute atomic E-state index is 0.472. The van der Waals surface area contributed by atoms with E-state index < -0.39 is 0 Å². The van der Waals surface area contributed by atoms with Gasteiger partial charge >= 0.3 is 0 Å². The van der Waals surface area contributed by atoms with Crippen LogP contribution in [0.1, 0.15) is 47.0 Å². The number of ether oxygens (including phenoxy) is 1. The first kappa shape index (κ1) is 10.0. The maximum absolute atomic E-state index is 5.77. The zero-order valence-corrected chi connectivity index (χ0v) is 8.89. The molecule has 1 unspecified atom stereocenters. The van der Waals surface area contributed by atoms with Gasteiger partial charge in [-0.05, 0) is 30.6 Å². The summed E-state index contributed by atoms with van der Waals surface area (Å²) in [5, 5.41) is 0. The Morgan fingerprint density at radius 3 is 2.58 bits per heavy atom. The molecule has 0 aromatic carbocycles. The smallest absolute Gasteiger partial charge is 0.0583 e. The average molecular weight is 170 g/mol. The van der Waals surface area contributed by atoms with E-state index in [1.165, 1.54) is 19.3 Å². The highest BCUT2D eigenvalue weighted by atomic mass is 16.5. The van der Waals surface area contributed by atoms with E-state index in [2.05, 4.69) is 27.7 Å². The maximum Gasteiger partial charge on any atom is 0.0583 e. The standard InChI is InChI=1S/C11H22O/c1-5-11(4)7-10(12-8-11)6-9(2)3/h9-10H,5-8H2,1-4H3/t10-,11?/m0/s1. The van der Waals surface area contributed by atoms with Gasteiger partial charge in [0, 0.05) is 0 Å². The third kappa shape index (κ3) is 2.48. The van der Waals surface area contributed by atoms with Crippen LogP contribution >= 0.6 is 0 Å². The van der Waals surface area contributed by atoms with Crippen molar-refractivity contribution in [3.8, 4) is 0 Å². The lowest BCUT2D eigenvalue weighted by Gasteiger charge is -2.19. The van der Waals surface area contributed by atoms with Gasteiger partial charge in [-0.1, -0.05) is 27.7 Å². The third-order valence-electron chi connectivity index (χ3n) is 2.98. The van der Waals surface area contributed by atoms with Gasteiger partial charge in [-0.15, -0.1) is 0 Å². The highest BCUT2D eigenvalue weighted by Gasteiger charge is 2.34. The lowest BCUT2D eigenvalue weighted by atomic mass is 9.84. The highest BCUT2D eigenvalue weighted by molar-refractivity contribution is 4.83. The van der Waals surface area contributed by atoms with E-state index in [0.29, 0.717) is 11.5 Å². The van der Waals surface area contributed by atoms with Crippen LogP contribution in [-0.4, -0.2) is 12.7 Å². The molecule has 0 radical (unpaired) electrons. The molecule has 0 amide bonds. The van der Waals surface area contributed by atoms with E-state index in [0.717, 1.165) is 12.5 Å². The molecule has 0 spiro atoms. The topological polar surface area (TPSA) is 9.23 Å². The monoisotopic (exact) mass is 170 g/mol. The molecular weight excluding hydrogens is 148 g/mol. The molecule has 72 valence electrons. The van der Waals surface area contributed by atoms with E-state index in [-0.39, 0.29) is 0 Å². The van der Waals surface area contributed by atoms with Crippen LogP contribution in [0, 0.1) is 11.3 Å². The number of hydrogen-bond donors (Lipinski definition) is 0. The summed E-state index contributed by atoms with van der Waals surface area (Å²) in [7, 11) is 0. The Morgan fingerprint density at radius 1 is 1.50 bits per heavy atom. The first-order valence-corrected chi connectivity index (χ1v) is 5.17. The van der Waals surface area contributed by atoms with Gasteiger partial charge in [-0.3, -0.25) is 0 Å². The van der Waals surface area contributed by atoms with Gasteiger partial charge in [-0.2, -0.15) is 0 Å². The average Bonchev–Trinajstić information content (AvgIpc) is 2.32. The molecule has 1 fully saturated rings. The molecule has 0 aromatic rings. The molecule has 1 nitrogen and oxygen atoms in total. The van der Waals surface area contributed by atoms with E-state index in [1.54, 1.807) is 0 Å². The van der Waals surface area contributed by atoms with Crippen LogP contribution in [0.2, 0.25) is 0 Å². The van der Waals surface area contributed by atoms with Gasteiger partial charge in [0.15, 0.2) is 0 Å². The zero-order valence-electron chi connectivity index (χ0n) is 8.89. The Bertz CT molecular complexity index is 142. The number of rotatable bonds is 3. The summed E-state index contributed by atoms with van der Waals surface area (Å²) in [6.07, 6.45) is 4.29. The summed E-state index contributed by atoms with van der Waals surface area (Å²) in [6, 6.07) is 0. The molecule has 0 aliphatic carbocycles. The molecule has 12 heavy (non-hydrogen) atoms. The molecule has 1 saturated heterocycles. The van der Waals surface area contributed by atoms with Gasteiger partial charge in [0.05, 0.1) is 12.7 Å². The Morgan fingerprint density at radius 2 is 2.17 bits per heavy atom. The second-order valence-electron chi connectivity index (χ2n) is 4.93. The van der Waals surface area contributed by atoms with Crippen molar-refractivity contribution in [3.63, 3.8) is 0 Å². The van der Waals surface area contributed by atoms with Crippen LogP contribution in [0.4, 0.5) is 0 Å². The Hall–Kier alpha value is -0.0400. The van der Waals surface area contributed by atoms with Crippen LogP contribution < -0.4 is 0 Å². The van der Waals surface area contributed by atoms with E-state index >= 15 is 0 Å². The summed E-state index contributed by atoms with van der Waals surface area (Å²) in [5.41, 5.74) is 0.472. The Balaban J connectivity index is 2.35. The lowest BCUT2D eigenvalue weighted by Crippen LogP contribution is -2.15. The van der Waals surface area contributed by atoms with Gasteiger partial charge in [-0.25, -0.2) is 0 Å². The van der Waals surface area contributed by atoms with Crippen LogP contribution in [0.5, 0.6) is 0 Å². The van der Waals surface area contributed by atoms with E-state index in [9.17, 15) is 0 Å². The highest BCUT2D eigenvalue weighted by Crippen LogP contribution is 2.37. The van der Waals surface area contributed by atoms with Crippen molar-refractivity contribution < 1.29 is 4.74 Å². The molecule has 1 aliphatic rings. The number of hydrogen-bond acceptors (Lipinski definition) is 1. The molecule has 1 heteroatoms. The SMILES string of the molecule is CCC1(C)CO[C@@H](CC(C)C)C1. The first-order chi connectivity index (χ1) is 5.56. The fourth-order valence-electron chi connectivity index (χ4n) is 1.91. The second-order valence-corrected chi connectivity index (χ2v) is 4.93. The van der Waals surface area contributed by atoms with Crippen LogP contribution in [0.3, 0.4) is 0 Å².